The number of fused-ring (bicyclic) bond motifs is 2. The van der Waals surface area contributed by atoms with Crippen LogP contribution in [0.15, 0.2) is 43.0 Å². The lowest BCUT2D eigenvalue weighted by atomic mass is 10.1. The second kappa shape index (κ2) is 6.44. The van der Waals surface area contributed by atoms with Crippen LogP contribution in [0, 0.1) is 0 Å². The van der Waals surface area contributed by atoms with Crippen molar-refractivity contribution in [3.05, 3.63) is 43.0 Å². The van der Waals surface area contributed by atoms with Gasteiger partial charge in [0.05, 0.1) is 17.4 Å². The summed E-state index contributed by atoms with van der Waals surface area (Å²) in [5.41, 5.74) is 5.66. The molecule has 8 nitrogen and oxygen atoms in total. The maximum atomic E-state index is 4.69. The van der Waals surface area contributed by atoms with Gasteiger partial charge in [0.1, 0.15) is 11.5 Å². The topological polar surface area (TPSA) is 102 Å². The van der Waals surface area contributed by atoms with Crippen LogP contribution in [-0.4, -0.2) is 48.4 Å². The van der Waals surface area contributed by atoms with Crippen LogP contribution in [0.5, 0.6) is 0 Å². The number of nitrogens with zero attached hydrogens (tertiary/aromatic N) is 5. The van der Waals surface area contributed by atoms with Gasteiger partial charge in [-0.3, -0.25) is 10.2 Å². The second-order valence-electron chi connectivity index (χ2n) is 7.51. The zero-order valence-corrected chi connectivity index (χ0v) is 15.8. The van der Waals surface area contributed by atoms with Crippen molar-refractivity contribution >= 4 is 27.8 Å². The number of piperidine rings is 1. The molecule has 29 heavy (non-hydrogen) atoms. The second-order valence-corrected chi connectivity index (χ2v) is 7.51. The Morgan fingerprint density at radius 3 is 2.72 bits per heavy atom. The molecule has 0 unspecified atom stereocenters. The van der Waals surface area contributed by atoms with Gasteiger partial charge in [-0.1, -0.05) is 0 Å². The lowest BCUT2D eigenvalue weighted by molar-refractivity contribution is 0.575. The third-order valence-electron chi connectivity index (χ3n) is 5.69. The lowest BCUT2D eigenvalue weighted by Crippen LogP contribution is -2.30. The number of H-pyrrole nitrogens is 3. The number of anilines is 1. The van der Waals surface area contributed by atoms with Gasteiger partial charge in [-0.15, -0.1) is 0 Å². The van der Waals surface area contributed by atoms with Gasteiger partial charge in [-0.2, -0.15) is 10.2 Å². The highest BCUT2D eigenvalue weighted by Gasteiger charge is 2.18. The molecule has 1 aliphatic rings. The van der Waals surface area contributed by atoms with Crippen molar-refractivity contribution in [1.29, 1.82) is 0 Å². The summed E-state index contributed by atoms with van der Waals surface area (Å²) in [4.78, 5) is 15.1. The first-order valence-electron chi connectivity index (χ1n) is 9.93. The van der Waals surface area contributed by atoms with Gasteiger partial charge >= 0.3 is 0 Å². The molecule has 0 atom stereocenters. The average molecular weight is 384 g/mol. The minimum absolute atomic E-state index is 0.764. The Kier molecular flexibility index (Phi) is 3.62. The molecular weight excluding hydrogens is 364 g/mol. The van der Waals surface area contributed by atoms with Crippen molar-refractivity contribution in [1.82, 2.24) is 35.3 Å². The highest BCUT2D eigenvalue weighted by molar-refractivity contribution is 5.99. The van der Waals surface area contributed by atoms with Crippen molar-refractivity contribution in [3.63, 3.8) is 0 Å². The molecule has 0 amide bonds. The summed E-state index contributed by atoms with van der Waals surface area (Å²) in [7, 11) is 0. The predicted molar refractivity (Wildman–Crippen MR) is 113 cm³/mol. The van der Waals surface area contributed by atoms with Crippen molar-refractivity contribution in [2.75, 3.05) is 18.0 Å². The van der Waals surface area contributed by atoms with E-state index in [1.54, 1.807) is 6.20 Å². The molecule has 6 rings (SSSR count). The molecule has 8 heteroatoms. The Hall–Kier alpha value is -3.68. The Morgan fingerprint density at radius 1 is 0.931 bits per heavy atom. The van der Waals surface area contributed by atoms with Crippen molar-refractivity contribution in [2.45, 2.75) is 19.3 Å². The minimum atomic E-state index is 0.764. The Labute approximate surface area is 166 Å². The fourth-order valence-corrected chi connectivity index (χ4v) is 4.20. The third kappa shape index (κ3) is 2.67. The van der Waals surface area contributed by atoms with Gasteiger partial charge in [0.15, 0.2) is 5.65 Å². The first kappa shape index (κ1) is 16.3. The number of aromatic amines is 3. The van der Waals surface area contributed by atoms with E-state index in [1.807, 2.05) is 24.7 Å². The van der Waals surface area contributed by atoms with Crippen LogP contribution in [0.4, 0.5) is 5.82 Å². The molecule has 0 radical (unpaired) electrons. The standard InChI is InChI=1S/C21H20N8/c1-2-6-29(7-3-1)21-15-9-18(26-17(15)4-5-22-21)19-16-8-13(14-11-24-25-12-14)10-23-20(16)28-27-19/h4-5,8-12,26H,1-3,6-7H2,(H,24,25)(H,23,27,28). The molecule has 5 aromatic heterocycles. The highest BCUT2D eigenvalue weighted by Crippen LogP contribution is 2.33. The maximum absolute atomic E-state index is 4.69. The van der Waals surface area contributed by atoms with E-state index in [0.29, 0.717) is 0 Å². The quantitative estimate of drug-likeness (QED) is 0.438. The number of nitrogens with one attached hydrogen (secondary N) is 3. The van der Waals surface area contributed by atoms with Gasteiger partial charge < -0.3 is 9.88 Å². The number of pyridine rings is 2. The van der Waals surface area contributed by atoms with Gasteiger partial charge in [-0.05, 0) is 37.5 Å². The Morgan fingerprint density at radius 2 is 1.86 bits per heavy atom. The summed E-state index contributed by atoms with van der Waals surface area (Å²) in [6, 6.07) is 6.28. The molecule has 0 saturated carbocycles. The predicted octanol–water partition coefficient (Wildman–Crippen LogP) is 3.88. The monoisotopic (exact) mass is 384 g/mol. The van der Waals surface area contributed by atoms with Crippen molar-refractivity contribution in [3.8, 4) is 22.5 Å². The van der Waals surface area contributed by atoms with Crippen LogP contribution in [0.25, 0.3) is 44.5 Å². The molecule has 5 aromatic rings. The summed E-state index contributed by atoms with van der Waals surface area (Å²) in [6.07, 6.45) is 11.1. The summed E-state index contributed by atoms with van der Waals surface area (Å²) in [5.74, 6) is 1.06. The van der Waals surface area contributed by atoms with Gasteiger partial charge in [0.25, 0.3) is 0 Å². The van der Waals surface area contributed by atoms with Crippen LogP contribution in [0.3, 0.4) is 0 Å². The molecule has 144 valence electrons. The average Bonchev–Trinajstić information content (AvgIpc) is 3.52. The Balaban J connectivity index is 1.48. The smallest absolute Gasteiger partial charge is 0.155 e. The summed E-state index contributed by atoms with van der Waals surface area (Å²) in [6.45, 7) is 2.13. The number of aromatic nitrogens is 7. The van der Waals surface area contributed by atoms with E-state index in [-0.39, 0.29) is 0 Å². The van der Waals surface area contributed by atoms with Crippen LogP contribution >= 0.6 is 0 Å². The van der Waals surface area contributed by atoms with Gasteiger partial charge in [-0.25, -0.2) is 9.97 Å². The molecule has 0 aromatic carbocycles. The van der Waals surface area contributed by atoms with E-state index in [9.17, 15) is 0 Å². The number of rotatable bonds is 3. The van der Waals surface area contributed by atoms with E-state index >= 15 is 0 Å². The van der Waals surface area contributed by atoms with Crippen LogP contribution < -0.4 is 4.90 Å². The largest absolute Gasteiger partial charge is 0.356 e. The normalized spacial score (nSPS) is 14.8. The van der Waals surface area contributed by atoms with E-state index in [1.165, 1.54) is 19.3 Å². The zero-order valence-electron chi connectivity index (χ0n) is 15.8. The van der Waals surface area contributed by atoms with Crippen molar-refractivity contribution in [2.24, 2.45) is 0 Å². The zero-order chi connectivity index (χ0) is 19.2. The Bertz CT molecular complexity index is 1290. The van der Waals surface area contributed by atoms with E-state index < -0.39 is 0 Å². The van der Waals surface area contributed by atoms with Crippen molar-refractivity contribution < 1.29 is 0 Å². The molecule has 1 saturated heterocycles. The molecule has 0 spiro atoms. The third-order valence-corrected chi connectivity index (χ3v) is 5.69. The number of hydrogen-bond acceptors (Lipinski definition) is 5. The molecule has 0 aliphatic carbocycles. The summed E-state index contributed by atoms with van der Waals surface area (Å²) in [5, 5.41) is 16.6. The van der Waals surface area contributed by atoms with E-state index in [0.717, 1.165) is 63.4 Å². The highest BCUT2D eigenvalue weighted by atomic mass is 15.2. The maximum Gasteiger partial charge on any atom is 0.155 e. The summed E-state index contributed by atoms with van der Waals surface area (Å²) < 4.78 is 0. The molecule has 6 heterocycles. The van der Waals surface area contributed by atoms with Crippen LogP contribution in [0.1, 0.15) is 19.3 Å². The fourth-order valence-electron chi connectivity index (χ4n) is 4.20. The molecular formula is C21H20N8. The first-order chi connectivity index (χ1) is 14.4. The minimum Gasteiger partial charge on any atom is -0.356 e. The van der Waals surface area contributed by atoms with Gasteiger partial charge in [0, 0.05) is 53.6 Å². The molecule has 1 aliphatic heterocycles. The van der Waals surface area contributed by atoms with E-state index in [4.69, 9.17) is 4.98 Å². The first-order valence-corrected chi connectivity index (χ1v) is 9.93. The molecule has 1 fully saturated rings. The number of hydrogen-bond donors (Lipinski definition) is 3. The lowest BCUT2D eigenvalue weighted by Gasteiger charge is -2.28. The molecule has 3 N–H and O–H groups in total. The van der Waals surface area contributed by atoms with Crippen LogP contribution in [-0.2, 0) is 0 Å². The summed E-state index contributed by atoms with van der Waals surface area (Å²) >= 11 is 0. The molecule has 0 bridgehead atoms. The van der Waals surface area contributed by atoms with E-state index in [2.05, 4.69) is 47.4 Å². The SMILES string of the molecule is c1cc2[nH]c(-c3n[nH]c4ncc(-c5cn[nH]c5)cc34)cc2c(N2CCCCC2)n1. The van der Waals surface area contributed by atoms with Gasteiger partial charge in [0.2, 0.25) is 0 Å². The fraction of sp³-hybridized carbons (Fsp3) is 0.238. The van der Waals surface area contributed by atoms with Crippen LogP contribution in [0.2, 0.25) is 0 Å².